The van der Waals surface area contributed by atoms with Crippen LogP contribution in [0, 0.1) is 5.41 Å². The number of aromatic nitrogens is 2. The molecule has 182 valence electrons. The van der Waals surface area contributed by atoms with Crippen LogP contribution in [0.3, 0.4) is 0 Å². The van der Waals surface area contributed by atoms with Gasteiger partial charge in [0.15, 0.2) is 9.84 Å². The van der Waals surface area contributed by atoms with Crippen LogP contribution < -0.4 is 9.64 Å². The average molecular weight is 487 g/mol. The molecular formula is C24H30N4O5S. The molecule has 1 saturated heterocycles. The van der Waals surface area contributed by atoms with Gasteiger partial charge < -0.3 is 19.3 Å². The first-order valence-corrected chi connectivity index (χ1v) is 13.6. The van der Waals surface area contributed by atoms with Crippen molar-refractivity contribution in [3.63, 3.8) is 0 Å². The van der Waals surface area contributed by atoms with Crippen LogP contribution in [0.1, 0.15) is 38.2 Å². The zero-order valence-corrected chi connectivity index (χ0v) is 20.4. The highest BCUT2D eigenvalue weighted by atomic mass is 32.2. The van der Waals surface area contributed by atoms with E-state index in [1.807, 2.05) is 12.1 Å². The SMILES string of the molecule is CC1(COC(=O)N2CCC(Oc3cc(N4CCc5cc(S(C)(=O)=O)ccc54)ncn3)CC2)CC1. The van der Waals surface area contributed by atoms with Crippen molar-refractivity contribution >= 4 is 27.4 Å². The van der Waals surface area contributed by atoms with Crippen LogP contribution >= 0.6 is 0 Å². The molecule has 2 fully saturated rings. The van der Waals surface area contributed by atoms with E-state index in [0.29, 0.717) is 55.7 Å². The molecule has 0 atom stereocenters. The zero-order chi connectivity index (χ0) is 23.9. The largest absolute Gasteiger partial charge is 0.474 e. The number of benzene rings is 1. The van der Waals surface area contributed by atoms with Gasteiger partial charge >= 0.3 is 6.09 Å². The van der Waals surface area contributed by atoms with Crippen molar-refractivity contribution in [3.05, 3.63) is 36.2 Å². The molecule has 0 bridgehead atoms. The Labute approximate surface area is 200 Å². The molecule has 1 amide bonds. The summed E-state index contributed by atoms with van der Waals surface area (Å²) >= 11 is 0. The first-order valence-electron chi connectivity index (χ1n) is 11.7. The number of carbonyl (C=O) groups is 1. The Bertz CT molecular complexity index is 1190. The lowest BCUT2D eigenvalue weighted by molar-refractivity contribution is 0.0570. The van der Waals surface area contributed by atoms with Gasteiger partial charge in [-0.25, -0.2) is 23.2 Å². The maximum atomic E-state index is 12.3. The van der Waals surface area contributed by atoms with Gasteiger partial charge in [-0.15, -0.1) is 0 Å². The molecule has 0 N–H and O–H groups in total. The molecule has 3 heterocycles. The summed E-state index contributed by atoms with van der Waals surface area (Å²) in [5.41, 5.74) is 2.12. The summed E-state index contributed by atoms with van der Waals surface area (Å²) in [7, 11) is -3.24. The lowest BCUT2D eigenvalue weighted by Crippen LogP contribution is -2.42. The molecule has 10 heteroatoms. The predicted octanol–water partition coefficient (Wildman–Crippen LogP) is 3.35. The minimum Gasteiger partial charge on any atom is -0.474 e. The second-order valence-corrected chi connectivity index (χ2v) is 11.9. The van der Waals surface area contributed by atoms with E-state index in [0.717, 1.165) is 30.5 Å². The van der Waals surface area contributed by atoms with Gasteiger partial charge in [-0.2, -0.15) is 0 Å². The molecule has 0 unspecified atom stereocenters. The third kappa shape index (κ3) is 4.96. The molecule has 34 heavy (non-hydrogen) atoms. The molecular weight excluding hydrogens is 456 g/mol. The minimum atomic E-state index is -3.24. The molecule has 5 rings (SSSR count). The van der Waals surface area contributed by atoms with Crippen molar-refractivity contribution in [2.75, 3.05) is 37.4 Å². The van der Waals surface area contributed by atoms with Crippen LogP contribution in [0.25, 0.3) is 0 Å². The van der Waals surface area contributed by atoms with E-state index in [4.69, 9.17) is 9.47 Å². The smallest absolute Gasteiger partial charge is 0.409 e. The third-order valence-electron chi connectivity index (χ3n) is 6.91. The maximum absolute atomic E-state index is 12.3. The highest BCUT2D eigenvalue weighted by Gasteiger charge is 2.39. The van der Waals surface area contributed by atoms with E-state index in [1.54, 1.807) is 17.0 Å². The Morgan fingerprint density at radius 3 is 2.62 bits per heavy atom. The Kier molecular flexibility index (Phi) is 5.87. The Morgan fingerprint density at radius 1 is 1.15 bits per heavy atom. The monoisotopic (exact) mass is 486 g/mol. The third-order valence-corrected chi connectivity index (χ3v) is 8.02. The van der Waals surface area contributed by atoms with E-state index in [1.165, 1.54) is 12.6 Å². The first kappa shape index (κ1) is 22.9. The van der Waals surface area contributed by atoms with Crippen molar-refractivity contribution < 1.29 is 22.7 Å². The standard InChI is InChI=1S/C24H30N4O5S/c1-24(8-9-24)15-32-23(29)27-10-6-18(7-11-27)33-22-14-21(25-16-26-22)28-12-5-17-13-19(34(2,30)31)3-4-20(17)28/h3-4,13-14,16,18H,5-12,15H2,1-2H3. The second kappa shape index (κ2) is 8.72. The lowest BCUT2D eigenvalue weighted by Gasteiger charge is -2.31. The number of rotatable bonds is 6. The second-order valence-electron chi connectivity index (χ2n) is 9.85. The van der Waals surface area contributed by atoms with Gasteiger partial charge in [-0.1, -0.05) is 6.92 Å². The molecule has 3 aliphatic rings. The summed E-state index contributed by atoms with van der Waals surface area (Å²) in [6.45, 7) is 4.55. The predicted molar refractivity (Wildman–Crippen MR) is 126 cm³/mol. The van der Waals surface area contributed by atoms with E-state index in [-0.39, 0.29) is 17.6 Å². The first-order chi connectivity index (χ1) is 16.2. The number of amides is 1. The number of fused-ring (bicyclic) bond motifs is 1. The van der Waals surface area contributed by atoms with E-state index in [9.17, 15) is 13.2 Å². The van der Waals surface area contributed by atoms with Gasteiger partial charge in [-0.05, 0) is 43.0 Å². The Morgan fingerprint density at radius 2 is 1.91 bits per heavy atom. The van der Waals surface area contributed by atoms with Gasteiger partial charge in [0, 0.05) is 55.9 Å². The van der Waals surface area contributed by atoms with Gasteiger partial charge in [0.05, 0.1) is 11.5 Å². The molecule has 0 spiro atoms. The summed E-state index contributed by atoms with van der Waals surface area (Å²) in [4.78, 5) is 25.1. The van der Waals surface area contributed by atoms with E-state index >= 15 is 0 Å². The number of sulfone groups is 1. The molecule has 9 nitrogen and oxygen atoms in total. The fourth-order valence-corrected chi connectivity index (χ4v) is 5.07. The molecule has 1 saturated carbocycles. The van der Waals surface area contributed by atoms with Gasteiger partial charge in [-0.3, -0.25) is 0 Å². The van der Waals surface area contributed by atoms with Crippen LogP contribution in [0.2, 0.25) is 0 Å². The molecule has 2 aliphatic heterocycles. The quantitative estimate of drug-likeness (QED) is 0.613. The number of likely N-dealkylation sites (tertiary alicyclic amines) is 1. The van der Waals surface area contributed by atoms with Crippen molar-refractivity contribution in [2.24, 2.45) is 5.41 Å². The molecule has 2 aromatic rings. The minimum absolute atomic E-state index is 0.0315. The molecule has 1 aromatic heterocycles. The highest BCUT2D eigenvalue weighted by Crippen LogP contribution is 2.45. The normalized spacial score (nSPS) is 19.6. The van der Waals surface area contributed by atoms with Crippen LogP contribution in [0.15, 0.2) is 35.5 Å². The van der Waals surface area contributed by atoms with Crippen LogP contribution in [-0.4, -0.2) is 68.0 Å². The molecule has 0 radical (unpaired) electrons. The van der Waals surface area contributed by atoms with Crippen LogP contribution in [0.5, 0.6) is 5.88 Å². The number of hydrogen-bond donors (Lipinski definition) is 0. The number of nitrogens with zero attached hydrogens (tertiary/aromatic N) is 4. The Balaban J connectivity index is 1.19. The van der Waals surface area contributed by atoms with E-state index in [2.05, 4.69) is 21.8 Å². The number of anilines is 2. The number of hydrogen-bond acceptors (Lipinski definition) is 8. The molecule has 1 aromatic carbocycles. The van der Waals surface area contributed by atoms with Crippen molar-refractivity contribution in [3.8, 4) is 5.88 Å². The van der Waals surface area contributed by atoms with Crippen molar-refractivity contribution in [1.29, 1.82) is 0 Å². The van der Waals surface area contributed by atoms with E-state index < -0.39 is 9.84 Å². The summed E-state index contributed by atoms with van der Waals surface area (Å²) in [5.74, 6) is 1.21. The zero-order valence-electron chi connectivity index (χ0n) is 19.6. The van der Waals surface area contributed by atoms with Crippen LogP contribution in [0.4, 0.5) is 16.3 Å². The summed E-state index contributed by atoms with van der Waals surface area (Å²) in [5, 5.41) is 0. The number of piperidine rings is 1. The summed E-state index contributed by atoms with van der Waals surface area (Å²) in [6.07, 6.45) is 6.86. The van der Waals surface area contributed by atoms with Crippen molar-refractivity contribution in [2.45, 2.75) is 50.0 Å². The Hall–Kier alpha value is -2.88. The van der Waals surface area contributed by atoms with Crippen LogP contribution in [-0.2, 0) is 21.0 Å². The number of carbonyl (C=O) groups excluding carboxylic acids is 1. The maximum Gasteiger partial charge on any atom is 0.409 e. The van der Waals surface area contributed by atoms with Gasteiger partial charge in [0.1, 0.15) is 18.2 Å². The summed E-state index contributed by atoms with van der Waals surface area (Å²) in [6, 6.07) is 7.03. The average Bonchev–Trinajstić information content (AvgIpc) is 3.40. The number of ether oxygens (including phenoxy) is 2. The van der Waals surface area contributed by atoms with Gasteiger partial charge in [0.2, 0.25) is 5.88 Å². The fourth-order valence-electron chi connectivity index (χ4n) is 4.40. The summed E-state index contributed by atoms with van der Waals surface area (Å²) < 4.78 is 35.3. The highest BCUT2D eigenvalue weighted by molar-refractivity contribution is 7.90. The van der Waals surface area contributed by atoms with Gasteiger partial charge in [0.25, 0.3) is 0 Å². The van der Waals surface area contributed by atoms with Crippen molar-refractivity contribution in [1.82, 2.24) is 14.9 Å². The lowest BCUT2D eigenvalue weighted by atomic mass is 10.1. The molecule has 1 aliphatic carbocycles. The topological polar surface area (TPSA) is 102 Å². The fraction of sp³-hybridized carbons (Fsp3) is 0.542.